The zero-order chi connectivity index (χ0) is 15.6. The predicted molar refractivity (Wildman–Crippen MR) is 86.4 cm³/mol. The van der Waals surface area contributed by atoms with E-state index in [1.165, 1.54) is 6.33 Å². The van der Waals surface area contributed by atoms with E-state index in [4.69, 9.17) is 9.47 Å². The first-order valence-corrected chi connectivity index (χ1v) is 7.41. The molecular weight excluding hydrogens is 292 g/mol. The number of hydrogen-bond donors (Lipinski definition) is 2. The number of H-pyrrole nitrogens is 1. The van der Waals surface area contributed by atoms with Gasteiger partial charge in [0.1, 0.15) is 6.33 Å². The Morgan fingerprint density at radius 3 is 2.91 bits per heavy atom. The molecule has 1 aliphatic rings. The average Bonchev–Trinajstić information content (AvgIpc) is 3.26. The highest BCUT2D eigenvalue weighted by Gasteiger charge is 2.15. The topological polar surface area (TPSA) is 72.1 Å². The van der Waals surface area contributed by atoms with Gasteiger partial charge in [-0.25, -0.2) is 4.98 Å². The van der Waals surface area contributed by atoms with Crippen LogP contribution in [0.1, 0.15) is 18.5 Å². The zero-order valence-corrected chi connectivity index (χ0v) is 12.6. The summed E-state index contributed by atoms with van der Waals surface area (Å²) in [5, 5.41) is 10.3. The molecule has 2 N–H and O–H groups in total. The quantitative estimate of drug-likeness (QED) is 0.773. The molecule has 1 atom stereocenters. The van der Waals surface area contributed by atoms with Crippen LogP contribution in [0, 0.1) is 0 Å². The van der Waals surface area contributed by atoms with Crippen molar-refractivity contribution in [3.63, 3.8) is 0 Å². The zero-order valence-electron chi connectivity index (χ0n) is 12.6. The second-order valence-corrected chi connectivity index (χ2v) is 5.39. The third-order valence-corrected chi connectivity index (χ3v) is 3.83. The first kappa shape index (κ1) is 13.6. The standard InChI is InChI=1S/C17H16N4O2/c1-11(12-5-6-15-16(8-12)23-10-22-15)20-14-4-2-3-13(7-14)17-18-9-19-21-17/h2-9,11,20H,10H2,1H3,(H,18,19,21). The van der Waals surface area contributed by atoms with Gasteiger partial charge in [-0.3, -0.25) is 5.10 Å². The maximum atomic E-state index is 5.44. The molecule has 0 aliphatic carbocycles. The molecule has 4 rings (SSSR count). The molecular formula is C17H16N4O2. The Labute approximate surface area is 133 Å². The van der Waals surface area contributed by atoms with Crippen LogP contribution >= 0.6 is 0 Å². The number of anilines is 1. The summed E-state index contributed by atoms with van der Waals surface area (Å²) in [4.78, 5) is 4.18. The molecule has 1 unspecified atom stereocenters. The third kappa shape index (κ3) is 2.70. The lowest BCUT2D eigenvalue weighted by atomic mass is 10.1. The minimum Gasteiger partial charge on any atom is -0.454 e. The van der Waals surface area contributed by atoms with Gasteiger partial charge in [0.15, 0.2) is 17.3 Å². The largest absolute Gasteiger partial charge is 0.454 e. The third-order valence-electron chi connectivity index (χ3n) is 3.83. The second-order valence-electron chi connectivity index (χ2n) is 5.39. The van der Waals surface area contributed by atoms with E-state index in [-0.39, 0.29) is 6.04 Å². The number of hydrogen-bond acceptors (Lipinski definition) is 5. The molecule has 0 amide bonds. The van der Waals surface area contributed by atoms with E-state index in [0.29, 0.717) is 6.79 Å². The van der Waals surface area contributed by atoms with Crippen molar-refractivity contribution in [3.8, 4) is 22.9 Å². The Morgan fingerprint density at radius 2 is 2.04 bits per heavy atom. The summed E-state index contributed by atoms with van der Waals surface area (Å²) in [5.74, 6) is 2.35. The van der Waals surface area contributed by atoms with E-state index in [0.717, 1.165) is 34.1 Å². The van der Waals surface area contributed by atoms with Crippen LogP contribution in [0.2, 0.25) is 0 Å². The fourth-order valence-corrected chi connectivity index (χ4v) is 2.62. The normalized spacial score (nSPS) is 13.8. The number of aromatic amines is 1. The van der Waals surface area contributed by atoms with Crippen LogP contribution in [0.5, 0.6) is 11.5 Å². The number of nitrogens with zero attached hydrogens (tertiary/aromatic N) is 2. The molecule has 0 fully saturated rings. The maximum Gasteiger partial charge on any atom is 0.231 e. The summed E-state index contributed by atoms with van der Waals surface area (Å²) < 4.78 is 10.8. The minimum absolute atomic E-state index is 0.134. The van der Waals surface area contributed by atoms with Gasteiger partial charge in [-0.15, -0.1) is 0 Å². The SMILES string of the molecule is CC(Nc1cccc(-c2ncn[nH]2)c1)c1ccc2c(c1)OCO2. The number of ether oxygens (including phenoxy) is 2. The van der Waals surface area contributed by atoms with Gasteiger partial charge in [0.25, 0.3) is 0 Å². The molecule has 0 radical (unpaired) electrons. The van der Waals surface area contributed by atoms with Crippen molar-refractivity contribution in [1.29, 1.82) is 0 Å². The summed E-state index contributed by atoms with van der Waals surface area (Å²) in [7, 11) is 0. The molecule has 0 saturated heterocycles. The summed E-state index contributed by atoms with van der Waals surface area (Å²) in [6.45, 7) is 2.40. The highest BCUT2D eigenvalue weighted by Crippen LogP contribution is 2.35. The van der Waals surface area contributed by atoms with Crippen LogP contribution in [0.25, 0.3) is 11.4 Å². The van der Waals surface area contributed by atoms with Crippen molar-refractivity contribution in [2.75, 3.05) is 12.1 Å². The van der Waals surface area contributed by atoms with E-state index in [2.05, 4.69) is 27.4 Å². The molecule has 1 aromatic heterocycles. The van der Waals surface area contributed by atoms with Crippen LogP contribution in [0.4, 0.5) is 5.69 Å². The molecule has 1 aliphatic heterocycles. The minimum atomic E-state index is 0.134. The Hall–Kier alpha value is -3.02. The van der Waals surface area contributed by atoms with Gasteiger partial charge in [-0.05, 0) is 36.8 Å². The Bertz CT molecular complexity index is 817. The molecule has 6 nitrogen and oxygen atoms in total. The number of aromatic nitrogens is 3. The van der Waals surface area contributed by atoms with E-state index >= 15 is 0 Å². The van der Waals surface area contributed by atoms with Crippen molar-refractivity contribution in [2.24, 2.45) is 0 Å². The molecule has 0 bridgehead atoms. The molecule has 6 heteroatoms. The van der Waals surface area contributed by atoms with Gasteiger partial charge in [0, 0.05) is 17.3 Å². The van der Waals surface area contributed by atoms with Crippen molar-refractivity contribution in [3.05, 3.63) is 54.4 Å². The number of nitrogens with one attached hydrogen (secondary N) is 2. The van der Waals surface area contributed by atoms with E-state index in [9.17, 15) is 0 Å². The summed E-state index contributed by atoms with van der Waals surface area (Å²) in [6.07, 6.45) is 1.50. The lowest BCUT2D eigenvalue weighted by molar-refractivity contribution is 0.174. The molecule has 0 spiro atoms. The highest BCUT2D eigenvalue weighted by atomic mass is 16.7. The molecule has 3 aromatic rings. The smallest absolute Gasteiger partial charge is 0.231 e. The second kappa shape index (κ2) is 5.64. The van der Waals surface area contributed by atoms with Gasteiger partial charge in [0.05, 0.1) is 0 Å². The van der Waals surface area contributed by atoms with E-state index < -0.39 is 0 Å². The summed E-state index contributed by atoms with van der Waals surface area (Å²) in [5.41, 5.74) is 3.15. The summed E-state index contributed by atoms with van der Waals surface area (Å²) in [6, 6.07) is 14.2. The fourth-order valence-electron chi connectivity index (χ4n) is 2.62. The van der Waals surface area contributed by atoms with Crippen LogP contribution in [-0.4, -0.2) is 22.0 Å². The van der Waals surface area contributed by atoms with Gasteiger partial charge in [-0.1, -0.05) is 18.2 Å². The van der Waals surface area contributed by atoms with E-state index in [1.54, 1.807) is 0 Å². The van der Waals surface area contributed by atoms with Crippen LogP contribution in [0.3, 0.4) is 0 Å². The molecule has 23 heavy (non-hydrogen) atoms. The van der Waals surface area contributed by atoms with Gasteiger partial charge in [-0.2, -0.15) is 5.10 Å². The average molecular weight is 308 g/mol. The Balaban J connectivity index is 1.54. The number of rotatable bonds is 4. The van der Waals surface area contributed by atoms with Crippen LogP contribution in [-0.2, 0) is 0 Å². The molecule has 2 aromatic carbocycles. The van der Waals surface area contributed by atoms with Crippen molar-refractivity contribution in [2.45, 2.75) is 13.0 Å². The first-order valence-electron chi connectivity index (χ1n) is 7.41. The van der Waals surface area contributed by atoms with Crippen LogP contribution < -0.4 is 14.8 Å². The van der Waals surface area contributed by atoms with Gasteiger partial charge < -0.3 is 14.8 Å². The van der Waals surface area contributed by atoms with E-state index in [1.807, 2.05) is 42.5 Å². The number of benzene rings is 2. The maximum absolute atomic E-state index is 5.44. The Morgan fingerprint density at radius 1 is 1.13 bits per heavy atom. The molecule has 2 heterocycles. The molecule has 116 valence electrons. The monoisotopic (exact) mass is 308 g/mol. The van der Waals surface area contributed by atoms with Crippen LogP contribution in [0.15, 0.2) is 48.8 Å². The van der Waals surface area contributed by atoms with Crippen molar-refractivity contribution >= 4 is 5.69 Å². The Kier molecular flexibility index (Phi) is 3.34. The van der Waals surface area contributed by atoms with Crippen molar-refractivity contribution < 1.29 is 9.47 Å². The first-order chi connectivity index (χ1) is 11.3. The lowest BCUT2D eigenvalue weighted by Gasteiger charge is -2.16. The predicted octanol–water partition coefficient (Wildman–Crippen LogP) is 3.37. The van der Waals surface area contributed by atoms with Crippen molar-refractivity contribution in [1.82, 2.24) is 15.2 Å². The van der Waals surface area contributed by atoms with Gasteiger partial charge in [0.2, 0.25) is 6.79 Å². The fraction of sp³-hybridized carbons (Fsp3) is 0.176. The van der Waals surface area contributed by atoms with Gasteiger partial charge >= 0.3 is 0 Å². The lowest BCUT2D eigenvalue weighted by Crippen LogP contribution is -2.06. The number of fused-ring (bicyclic) bond motifs is 1. The molecule has 0 saturated carbocycles. The summed E-state index contributed by atoms with van der Waals surface area (Å²) >= 11 is 0. The highest BCUT2D eigenvalue weighted by molar-refractivity contribution is 5.62.